The zero-order valence-corrected chi connectivity index (χ0v) is 12.8. The van der Waals surface area contributed by atoms with Crippen LogP contribution in [0.4, 0.5) is 48.3 Å². The third-order valence-corrected chi connectivity index (χ3v) is 5.00. The minimum atomic E-state index is -6.91. The van der Waals surface area contributed by atoms with Gasteiger partial charge in [-0.3, -0.25) is 0 Å². The lowest BCUT2D eigenvalue weighted by molar-refractivity contribution is -0.439. The summed E-state index contributed by atoms with van der Waals surface area (Å²) in [6, 6.07) is 0. The average molecular weight is 446 g/mol. The van der Waals surface area contributed by atoms with Gasteiger partial charge in [0.05, 0.1) is 17.6 Å². The van der Waals surface area contributed by atoms with Crippen LogP contribution < -0.4 is 0 Å². The van der Waals surface area contributed by atoms with Crippen LogP contribution >= 0.6 is 12.0 Å². The highest BCUT2D eigenvalue weighted by atomic mass is 32.3. The Morgan fingerprint density at radius 2 is 1.42 bits per heavy atom. The first kappa shape index (κ1) is 22.7. The van der Waals surface area contributed by atoms with Crippen molar-refractivity contribution < 1.29 is 65.9 Å². The molecule has 1 unspecified atom stereocenters. The van der Waals surface area contributed by atoms with Crippen molar-refractivity contribution in [2.75, 3.05) is 0 Å². The van der Waals surface area contributed by atoms with Crippen molar-refractivity contribution in [3.05, 3.63) is 33.1 Å². The van der Waals surface area contributed by atoms with E-state index in [9.17, 15) is 56.7 Å². The Kier molecular flexibility index (Phi) is 6.42. The standard InChI is InChI=1S/C9HF11O4S2/c10-2-1(3(11)5(13)6(14)4(2)12)7(25-24-23-8(15,16)17)26(21,22)9(18,19)20/h2H. The molecule has 1 aliphatic rings. The maximum atomic E-state index is 13.6. The second kappa shape index (κ2) is 7.35. The van der Waals surface area contributed by atoms with Crippen molar-refractivity contribution in [3.8, 4) is 0 Å². The van der Waals surface area contributed by atoms with Crippen molar-refractivity contribution in [3.63, 3.8) is 0 Å². The van der Waals surface area contributed by atoms with E-state index in [1.165, 1.54) is 0 Å². The first-order valence-corrected chi connectivity index (χ1v) is 7.64. The quantitative estimate of drug-likeness (QED) is 0.266. The minimum Gasteiger partial charge on any atom is -0.234 e. The Balaban J connectivity index is 3.62. The molecule has 0 aliphatic heterocycles. The number of sulfone groups is 1. The highest BCUT2D eigenvalue weighted by molar-refractivity contribution is 8.16. The van der Waals surface area contributed by atoms with Crippen LogP contribution in [0.1, 0.15) is 0 Å². The Labute approximate surface area is 140 Å². The molecule has 0 saturated heterocycles. The molecule has 0 spiro atoms. The summed E-state index contributed by atoms with van der Waals surface area (Å²) in [7, 11) is -6.91. The van der Waals surface area contributed by atoms with Crippen LogP contribution in [-0.2, 0) is 19.1 Å². The molecule has 150 valence electrons. The fourth-order valence-electron chi connectivity index (χ4n) is 1.29. The smallest absolute Gasteiger partial charge is 0.234 e. The third kappa shape index (κ3) is 4.49. The Bertz CT molecular complexity index is 774. The molecule has 0 saturated carbocycles. The van der Waals surface area contributed by atoms with Gasteiger partial charge in [0.25, 0.3) is 9.84 Å². The molecule has 0 aromatic carbocycles. The fraction of sp³-hybridized carbons (Fsp3) is 0.333. The molecule has 1 atom stereocenters. The molecule has 1 aliphatic carbocycles. The van der Waals surface area contributed by atoms with Crippen LogP contribution in [0.2, 0.25) is 0 Å². The van der Waals surface area contributed by atoms with Crippen LogP contribution in [-0.4, -0.2) is 26.5 Å². The Hall–Kier alpha value is -1.33. The molecule has 17 heteroatoms. The number of halogens is 11. The van der Waals surface area contributed by atoms with E-state index in [4.69, 9.17) is 0 Å². The van der Waals surface area contributed by atoms with Gasteiger partial charge in [-0.15, -0.1) is 22.4 Å². The maximum absolute atomic E-state index is 13.6. The molecular weight excluding hydrogens is 445 g/mol. The predicted molar refractivity (Wildman–Crippen MR) is 61.2 cm³/mol. The van der Waals surface area contributed by atoms with Gasteiger partial charge in [0.2, 0.25) is 0 Å². The van der Waals surface area contributed by atoms with Gasteiger partial charge in [0.1, 0.15) is 4.24 Å². The third-order valence-electron chi connectivity index (χ3n) is 2.31. The van der Waals surface area contributed by atoms with Crippen molar-refractivity contribution in [1.29, 1.82) is 0 Å². The Morgan fingerprint density at radius 3 is 1.85 bits per heavy atom. The zero-order valence-electron chi connectivity index (χ0n) is 11.2. The summed E-state index contributed by atoms with van der Waals surface area (Å²) in [6.45, 7) is 0. The van der Waals surface area contributed by atoms with E-state index in [2.05, 4.69) is 9.22 Å². The predicted octanol–water partition coefficient (Wildman–Crippen LogP) is 4.90. The first-order chi connectivity index (χ1) is 11.5. The van der Waals surface area contributed by atoms with Crippen LogP contribution in [0.15, 0.2) is 33.1 Å². The van der Waals surface area contributed by atoms with Crippen molar-refractivity contribution >= 4 is 21.9 Å². The lowest BCUT2D eigenvalue weighted by atomic mass is 10.0. The van der Waals surface area contributed by atoms with E-state index in [-0.39, 0.29) is 0 Å². The fourth-order valence-corrected chi connectivity index (χ4v) is 3.16. The van der Waals surface area contributed by atoms with E-state index >= 15 is 0 Å². The highest BCUT2D eigenvalue weighted by Crippen LogP contribution is 2.47. The molecule has 0 aromatic heterocycles. The first-order valence-electron chi connectivity index (χ1n) is 5.42. The lowest BCUT2D eigenvalue weighted by Gasteiger charge is -2.20. The van der Waals surface area contributed by atoms with E-state index < -0.39 is 73.0 Å². The van der Waals surface area contributed by atoms with Gasteiger partial charge in [-0.1, -0.05) is 0 Å². The monoisotopic (exact) mass is 446 g/mol. The van der Waals surface area contributed by atoms with Crippen LogP contribution in [0.25, 0.3) is 0 Å². The van der Waals surface area contributed by atoms with Crippen molar-refractivity contribution in [2.45, 2.75) is 18.0 Å². The number of rotatable bonds is 4. The van der Waals surface area contributed by atoms with E-state index in [1.807, 2.05) is 0 Å². The Morgan fingerprint density at radius 1 is 0.923 bits per heavy atom. The summed E-state index contributed by atoms with van der Waals surface area (Å²) in [5.41, 5.74) is -8.99. The SMILES string of the molecule is O=S(=O)(C(SOOC(F)(F)F)=C1C(F)=C(F)C(F)=C(F)C1F)C(F)(F)F. The normalized spacial score (nSPS) is 22.2. The molecule has 0 heterocycles. The van der Waals surface area contributed by atoms with E-state index in [1.54, 1.807) is 0 Å². The van der Waals surface area contributed by atoms with Gasteiger partial charge < -0.3 is 0 Å². The summed E-state index contributed by atoms with van der Waals surface area (Å²) in [5, 5.41) is 0. The number of alkyl halides is 7. The largest absolute Gasteiger partial charge is 0.550 e. The summed E-state index contributed by atoms with van der Waals surface area (Å²) >= 11 is -1.56. The molecular formula is C9HF11O4S2. The second-order valence-electron chi connectivity index (χ2n) is 3.98. The molecule has 0 N–H and O–H groups in total. The molecule has 1 rings (SSSR count). The molecule has 0 amide bonds. The van der Waals surface area contributed by atoms with E-state index in [0.29, 0.717) is 0 Å². The maximum Gasteiger partial charge on any atom is 0.550 e. The van der Waals surface area contributed by atoms with Gasteiger partial charge in [0.15, 0.2) is 29.5 Å². The van der Waals surface area contributed by atoms with Crippen LogP contribution in [0, 0.1) is 0 Å². The molecule has 0 fully saturated rings. The summed E-state index contributed by atoms with van der Waals surface area (Å²) in [5.74, 6) is -11.5. The van der Waals surface area contributed by atoms with Crippen LogP contribution in [0.5, 0.6) is 0 Å². The highest BCUT2D eigenvalue weighted by Gasteiger charge is 2.53. The average Bonchev–Trinajstić information content (AvgIpc) is 2.47. The molecule has 4 nitrogen and oxygen atoms in total. The number of hydrogen-bond donors (Lipinski definition) is 0. The molecule has 0 aromatic rings. The number of hydrogen-bond acceptors (Lipinski definition) is 5. The second-order valence-corrected chi connectivity index (χ2v) is 6.83. The molecule has 26 heavy (non-hydrogen) atoms. The number of allylic oxidation sites excluding steroid dienone is 5. The van der Waals surface area contributed by atoms with Gasteiger partial charge in [0, 0.05) is 0 Å². The van der Waals surface area contributed by atoms with Gasteiger partial charge in [-0.05, 0) is 0 Å². The molecule has 0 radical (unpaired) electrons. The minimum absolute atomic E-state index is 1.56. The lowest BCUT2D eigenvalue weighted by Crippen LogP contribution is -2.27. The van der Waals surface area contributed by atoms with Crippen molar-refractivity contribution in [1.82, 2.24) is 0 Å². The summed E-state index contributed by atoms with van der Waals surface area (Å²) in [6.07, 6.45) is -9.65. The molecule has 0 bridgehead atoms. The van der Waals surface area contributed by atoms with Crippen molar-refractivity contribution in [2.24, 2.45) is 0 Å². The topological polar surface area (TPSA) is 52.6 Å². The van der Waals surface area contributed by atoms with E-state index in [0.717, 1.165) is 0 Å². The summed E-state index contributed by atoms with van der Waals surface area (Å²) in [4.78, 5) is 2.47. The zero-order chi connectivity index (χ0) is 20.7. The van der Waals surface area contributed by atoms with Gasteiger partial charge >= 0.3 is 11.9 Å². The van der Waals surface area contributed by atoms with Crippen LogP contribution in [0.3, 0.4) is 0 Å². The van der Waals surface area contributed by atoms with Gasteiger partial charge in [-0.25, -0.2) is 30.4 Å². The summed E-state index contributed by atoms with van der Waals surface area (Å²) < 4.78 is 162. The van der Waals surface area contributed by atoms with Gasteiger partial charge in [-0.2, -0.15) is 13.2 Å².